The van der Waals surface area contributed by atoms with Crippen LogP contribution in [-0.4, -0.2) is 48.8 Å². The van der Waals surface area contributed by atoms with Crippen LogP contribution in [0.5, 0.6) is 0 Å². The van der Waals surface area contributed by atoms with Crippen molar-refractivity contribution in [3.63, 3.8) is 0 Å². The third-order valence-electron chi connectivity index (χ3n) is 3.78. The minimum absolute atomic E-state index is 0.0242. The van der Waals surface area contributed by atoms with Crippen molar-refractivity contribution in [2.24, 2.45) is 5.92 Å². The Morgan fingerprint density at radius 2 is 1.71 bits per heavy atom. The van der Waals surface area contributed by atoms with Gasteiger partial charge in [-0.2, -0.15) is 0 Å². The zero-order valence-electron chi connectivity index (χ0n) is 12.0. The van der Waals surface area contributed by atoms with Crippen LogP contribution in [0.25, 0.3) is 0 Å². The summed E-state index contributed by atoms with van der Waals surface area (Å²) in [4.78, 5) is 2.57. The number of hydrogen-bond donors (Lipinski definition) is 1. The third-order valence-corrected chi connectivity index (χ3v) is 3.78. The van der Waals surface area contributed by atoms with Gasteiger partial charge in [-0.3, -0.25) is 4.90 Å². The molecule has 100 valence electrons. The van der Waals surface area contributed by atoms with E-state index in [1.165, 1.54) is 12.8 Å². The van der Waals surface area contributed by atoms with Gasteiger partial charge in [-0.05, 0) is 53.5 Å². The standard InChI is InChI=1S/C14H28N2O/c1-13(2)9-16(10-14(3,4)17-13)8-12(15-5)11-6-7-11/h11-12,15H,6-10H2,1-5H3. The van der Waals surface area contributed by atoms with E-state index in [4.69, 9.17) is 4.74 Å². The molecule has 0 spiro atoms. The Morgan fingerprint density at radius 1 is 1.18 bits per heavy atom. The minimum Gasteiger partial charge on any atom is -0.367 e. The summed E-state index contributed by atoms with van der Waals surface area (Å²) >= 11 is 0. The molecule has 3 heteroatoms. The van der Waals surface area contributed by atoms with E-state index in [-0.39, 0.29) is 11.2 Å². The van der Waals surface area contributed by atoms with E-state index >= 15 is 0 Å². The van der Waals surface area contributed by atoms with Gasteiger partial charge in [0.25, 0.3) is 0 Å². The Kier molecular flexibility index (Phi) is 3.54. The first-order valence-electron chi connectivity index (χ1n) is 6.91. The predicted molar refractivity (Wildman–Crippen MR) is 71.3 cm³/mol. The molecule has 2 rings (SSSR count). The number of likely N-dealkylation sites (N-methyl/N-ethyl adjacent to an activating group) is 1. The smallest absolute Gasteiger partial charge is 0.0760 e. The SMILES string of the molecule is CNC(CN1CC(C)(C)OC(C)(C)C1)C1CC1. The molecule has 1 saturated carbocycles. The fraction of sp³-hybridized carbons (Fsp3) is 1.00. The van der Waals surface area contributed by atoms with Crippen molar-refractivity contribution in [3.05, 3.63) is 0 Å². The van der Waals surface area contributed by atoms with Gasteiger partial charge in [0.2, 0.25) is 0 Å². The molecule has 0 radical (unpaired) electrons. The molecule has 0 amide bonds. The molecule has 1 atom stereocenters. The molecule has 1 saturated heterocycles. The van der Waals surface area contributed by atoms with Crippen LogP contribution < -0.4 is 5.32 Å². The maximum atomic E-state index is 6.12. The Bertz CT molecular complexity index is 255. The van der Waals surface area contributed by atoms with Gasteiger partial charge in [-0.1, -0.05) is 0 Å². The van der Waals surface area contributed by atoms with E-state index in [9.17, 15) is 0 Å². The number of nitrogens with one attached hydrogen (secondary N) is 1. The van der Waals surface area contributed by atoms with E-state index in [0.717, 1.165) is 25.6 Å². The molecule has 2 fully saturated rings. The van der Waals surface area contributed by atoms with Crippen molar-refractivity contribution < 1.29 is 4.74 Å². The zero-order chi connectivity index (χ0) is 12.7. The predicted octanol–water partition coefficient (Wildman–Crippen LogP) is 1.87. The summed E-state index contributed by atoms with van der Waals surface area (Å²) in [5.41, 5.74) is -0.0484. The highest BCUT2D eigenvalue weighted by atomic mass is 16.5. The van der Waals surface area contributed by atoms with Gasteiger partial charge in [0, 0.05) is 25.7 Å². The highest BCUT2D eigenvalue weighted by molar-refractivity contribution is 4.93. The van der Waals surface area contributed by atoms with Gasteiger partial charge < -0.3 is 10.1 Å². The Hall–Kier alpha value is -0.120. The Labute approximate surface area is 106 Å². The maximum absolute atomic E-state index is 6.12. The molecular formula is C14H28N2O. The van der Waals surface area contributed by atoms with Crippen LogP contribution in [0.4, 0.5) is 0 Å². The molecule has 2 aliphatic rings. The second-order valence-electron chi connectivity index (χ2n) is 7.02. The topological polar surface area (TPSA) is 24.5 Å². The first-order chi connectivity index (χ1) is 7.81. The molecule has 0 aromatic rings. The molecule has 17 heavy (non-hydrogen) atoms. The van der Waals surface area contributed by atoms with Gasteiger partial charge in [0.15, 0.2) is 0 Å². The van der Waals surface area contributed by atoms with Crippen molar-refractivity contribution in [3.8, 4) is 0 Å². The van der Waals surface area contributed by atoms with Crippen LogP contribution in [0, 0.1) is 5.92 Å². The van der Waals surface area contributed by atoms with Crippen molar-refractivity contribution in [2.75, 3.05) is 26.7 Å². The normalized spacial score (nSPS) is 30.2. The average molecular weight is 240 g/mol. The number of ether oxygens (including phenoxy) is 1. The lowest BCUT2D eigenvalue weighted by atomic mass is 9.98. The fourth-order valence-electron chi connectivity index (χ4n) is 3.33. The molecular weight excluding hydrogens is 212 g/mol. The van der Waals surface area contributed by atoms with Crippen molar-refractivity contribution in [1.29, 1.82) is 0 Å². The lowest BCUT2D eigenvalue weighted by Gasteiger charge is -2.48. The highest BCUT2D eigenvalue weighted by Crippen LogP contribution is 2.34. The summed E-state index contributed by atoms with van der Waals surface area (Å²) in [6.45, 7) is 12.1. The van der Waals surface area contributed by atoms with Gasteiger partial charge in [-0.15, -0.1) is 0 Å². The molecule has 0 aromatic heterocycles. The van der Waals surface area contributed by atoms with E-state index in [0.29, 0.717) is 6.04 Å². The number of hydrogen-bond acceptors (Lipinski definition) is 3. The molecule has 3 nitrogen and oxygen atoms in total. The Morgan fingerprint density at radius 3 is 2.12 bits per heavy atom. The first-order valence-corrected chi connectivity index (χ1v) is 6.91. The van der Waals surface area contributed by atoms with Gasteiger partial charge in [0.05, 0.1) is 11.2 Å². The summed E-state index contributed by atoms with van der Waals surface area (Å²) < 4.78 is 6.12. The highest BCUT2D eigenvalue weighted by Gasteiger charge is 2.40. The summed E-state index contributed by atoms with van der Waals surface area (Å²) in [6.07, 6.45) is 2.81. The van der Waals surface area contributed by atoms with Gasteiger partial charge in [-0.25, -0.2) is 0 Å². The van der Waals surface area contributed by atoms with E-state index < -0.39 is 0 Å². The lowest BCUT2D eigenvalue weighted by Crippen LogP contribution is -2.59. The molecule has 1 heterocycles. The van der Waals surface area contributed by atoms with E-state index in [2.05, 4.69) is 45.0 Å². The van der Waals surface area contributed by atoms with Crippen LogP contribution in [0.3, 0.4) is 0 Å². The quantitative estimate of drug-likeness (QED) is 0.812. The third kappa shape index (κ3) is 3.67. The minimum atomic E-state index is -0.0242. The van der Waals surface area contributed by atoms with Crippen LogP contribution >= 0.6 is 0 Å². The number of nitrogens with zero attached hydrogens (tertiary/aromatic N) is 1. The molecule has 0 bridgehead atoms. The van der Waals surface area contributed by atoms with Gasteiger partial charge >= 0.3 is 0 Å². The summed E-state index contributed by atoms with van der Waals surface area (Å²) in [5.74, 6) is 0.911. The number of rotatable bonds is 4. The van der Waals surface area contributed by atoms with Gasteiger partial charge in [0.1, 0.15) is 0 Å². The fourth-order valence-corrected chi connectivity index (χ4v) is 3.33. The average Bonchev–Trinajstić information content (AvgIpc) is 2.91. The van der Waals surface area contributed by atoms with Crippen LogP contribution in [0.2, 0.25) is 0 Å². The van der Waals surface area contributed by atoms with E-state index in [1.807, 2.05) is 0 Å². The monoisotopic (exact) mass is 240 g/mol. The molecule has 1 aliphatic carbocycles. The second-order valence-corrected chi connectivity index (χ2v) is 7.02. The first kappa shape index (κ1) is 13.3. The van der Waals surface area contributed by atoms with Crippen molar-refractivity contribution in [1.82, 2.24) is 10.2 Å². The zero-order valence-corrected chi connectivity index (χ0v) is 12.0. The molecule has 1 N–H and O–H groups in total. The van der Waals surface area contributed by atoms with Crippen molar-refractivity contribution in [2.45, 2.75) is 57.8 Å². The lowest BCUT2D eigenvalue weighted by molar-refractivity contribution is -0.181. The number of morpholine rings is 1. The van der Waals surface area contributed by atoms with Crippen LogP contribution in [0.15, 0.2) is 0 Å². The van der Waals surface area contributed by atoms with E-state index in [1.54, 1.807) is 0 Å². The molecule has 0 aromatic carbocycles. The summed E-state index contributed by atoms with van der Waals surface area (Å²) in [6, 6.07) is 0.666. The summed E-state index contributed by atoms with van der Waals surface area (Å²) in [7, 11) is 2.10. The van der Waals surface area contributed by atoms with Crippen LogP contribution in [-0.2, 0) is 4.74 Å². The maximum Gasteiger partial charge on any atom is 0.0760 e. The molecule has 1 unspecified atom stereocenters. The largest absolute Gasteiger partial charge is 0.367 e. The summed E-state index contributed by atoms with van der Waals surface area (Å²) in [5, 5.41) is 3.48. The second kappa shape index (κ2) is 4.52. The van der Waals surface area contributed by atoms with Crippen LogP contribution in [0.1, 0.15) is 40.5 Å². The van der Waals surface area contributed by atoms with Crippen molar-refractivity contribution >= 4 is 0 Å². The Balaban J connectivity index is 1.95. The molecule has 1 aliphatic heterocycles.